The number of ether oxygens (including phenoxy) is 1. The molecule has 2 saturated heterocycles. The van der Waals surface area contributed by atoms with Crippen molar-refractivity contribution in [3.05, 3.63) is 17.0 Å². The number of H-pyrrole nitrogens is 1. The monoisotopic (exact) mass is 425 g/mol. The van der Waals surface area contributed by atoms with Gasteiger partial charge >= 0.3 is 5.97 Å². The SMILES string of the molecule is CCOC(=O)c1c(C)[nH]c(C)c1S(=O)(=O)N1CCCC(C(=O)N2CCCCC2)C1. The van der Waals surface area contributed by atoms with Crippen molar-refractivity contribution in [2.45, 2.75) is 57.8 Å². The first-order valence-electron chi connectivity index (χ1n) is 10.4. The standard InChI is InChI=1S/C20H31N3O5S/c1-4-28-20(25)17-14(2)21-15(3)18(17)29(26,27)23-12-8-9-16(13-23)19(24)22-10-6-5-7-11-22/h16,21H,4-13H2,1-3H3. The molecule has 2 fully saturated rings. The second-order valence-electron chi connectivity index (χ2n) is 7.89. The van der Waals surface area contributed by atoms with Gasteiger partial charge in [-0.15, -0.1) is 0 Å². The summed E-state index contributed by atoms with van der Waals surface area (Å²) in [6.45, 7) is 7.17. The fraction of sp³-hybridized carbons (Fsp3) is 0.700. The van der Waals surface area contributed by atoms with Gasteiger partial charge in [0.2, 0.25) is 15.9 Å². The molecule has 1 amide bonds. The van der Waals surface area contributed by atoms with Gasteiger partial charge in [-0.1, -0.05) is 0 Å². The number of aromatic nitrogens is 1. The van der Waals surface area contributed by atoms with Crippen LogP contribution in [0, 0.1) is 19.8 Å². The van der Waals surface area contributed by atoms with E-state index in [2.05, 4.69) is 4.98 Å². The lowest BCUT2D eigenvalue weighted by Crippen LogP contribution is -2.48. The van der Waals surface area contributed by atoms with E-state index in [1.54, 1.807) is 20.8 Å². The van der Waals surface area contributed by atoms with E-state index in [0.29, 0.717) is 30.8 Å². The van der Waals surface area contributed by atoms with Crippen molar-refractivity contribution in [2.24, 2.45) is 5.92 Å². The minimum Gasteiger partial charge on any atom is -0.462 e. The van der Waals surface area contributed by atoms with Crippen molar-refractivity contribution in [1.29, 1.82) is 0 Å². The average molecular weight is 426 g/mol. The summed E-state index contributed by atoms with van der Waals surface area (Å²) >= 11 is 0. The number of esters is 1. The molecule has 2 aliphatic heterocycles. The molecule has 0 bridgehead atoms. The molecule has 0 spiro atoms. The highest BCUT2D eigenvalue weighted by molar-refractivity contribution is 7.89. The van der Waals surface area contributed by atoms with E-state index >= 15 is 0 Å². The van der Waals surface area contributed by atoms with Gasteiger partial charge in [-0.2, -0.15) is 4.31 Å². The molecule has 1 aromatic rings. The molecule has 1 atom stereocenters. The molecule has 2 aliphatic rings. The van der Waals surface area contributed by atoms with Crippen LogP contribution in [0.5, 0.6) is 0 Å². The molecule has 29 heavy (non-hydrogen) atoms. The van der Waals surface area contributed by atoms with Gasteiger partial charge in [-0.05, 0) is 52.9 Å². The molecule has 3 heterocycles. The van der Waals surface area contributed by atoms with Crippen LogP contribution >= 0.6 is 0 Å². The maximum absolute atomic E-state index is 13.5. The highest BCUT2D eigenvalue weighted by Crippen LogP contribution is 2.31. The number of sulfonamides is 1. The van der Waals surface area contributed by atoms with Crippen molar-refractivity contribution >= 4 is 21.9 Å². The molecule has 0 aliphatic carbocycles. The van der Waals surface area contributed by atoms with Gasteiger partial charge in [0.1, 0.15) is 10.5 Å². The molecule has 0 aromatic carbocycles. The third kappa shape index (κ3) is 4.35. The van der Waals surface area contributed by atoms with Gasteiger partial charge in [-0.25, -0.2) is 13.2 Å². The zero-order chi connectivity index (χ0) is 21.2. The molecule has 0 saturated carbocycles. The Balaban J connectivity index is 1.86. The van der Waals surface area contributed by atoms with Crippen molar-refractivity contribution in [1.82, 2.24) is 14.2 Å². The first-order valence-corrected chi connectivity index (χ1v) is 11.9. The van der Waals surface area contributed by atoms with Gasteiger partial charge in [0, 0.05) is 37.6 Å². The molecule has 0 radical (unpaired) electrons. The van der Waals surface area contributed by atoms with E-state index in [9.17, 15) is 18.0 Å². The molecule has 8 nitrogen and oxygen atoms in total. The lowest BCUT2D eigenvalue weighted by Gasteiger charge is -2.35. The predicted octanol–water partition coefficient (Wildman–Crippen LogP) is 2.22. The Morgan fingerprint density at radius 2 is 1.76 bits per heavy atom. The first-order chi connectivity index (χ1) is 13.8. The van der Waals surface area contributed by atoms with Gasteiger partial charge < -0.3 is 14.6 Å². The summed E-state index contributed by atoms with van der Waals surface area (Å²) in [5, 5.41) is 0. The second-order valence-corrected chi connectivity index (χ2v) is 9.76. The van der Waals surface area contributed by atoms with Gasteiger partial charge in [0.05, 0.1) is 12.5 Å². The van der Waals surface area contributed by atoms with Crippen LogP contribution in [0.25, 0.3) is 0 Å². The smallest absolute Gasteiger partial charge is 0.341 e. The van der Waals surface area contributed by atoms with Crippen molar-refractivity contribution in [3.8, 4) is 0 Å². The molecular formula is C20H31N3O5S. The minimum absolute atomic E-state index is 0.0282. The van der Waals surface area contributed by atoms with E-state index in [4.69, 9.17) is 4.74 Å². The molecule has 1 N–H and O–H groups in total. The van der Waals surface area contributed by atoms with Crippen molar-refractivity contribution in [2.75, 3.05) is 32.8 Å². The average Bonchev–Trinajstić information content (AvgIpc) is 3.03. The fourth-order valence-electron chi connectivity index (χ4n) is 4.39. The van der Waals surface area contributed by atoms with Crippen molar-refractivity contribution < 1.29 is 22.7 Å². The summed E-state index contributed by atoms with van der Waals surface area (Å²) in [5.74, 6) is -0.925. The highest BCUT2D eigenvalue weighted by atomic mass is 32.2. The quantitative estimate of drug-likeness (QED) is 0.729. The molecular weight excluding hydrogens is 394 g/mol. The van der Waals surface area contributed by atoms with Crippen LogP contribution in [0.15, 0.2) is 4.90 Å². The van der Waals surface area contributed by atoms with Crippen LogP contribution < -0.4 is 0 Å². The van der Waals surface area contributed by atoms with E-state index < -0.39 is 16.0 Å². The van der Waals surface area contributed by atoms with Crippen LogP contribution in [0.4, 0.5) is 0 Å². The number of aromatic amines is 1. The summed E-state index contributed by atoms with van der Waals surface area (Å²) in [7, 11) is -3.93. The van der Waals surface area contributed by atoms with E-state index in [1.807, 2.05) is 4.90 Å². The summed E-state index contributed by atoms with van der Waals surface area (Å²) in [5.41, 5.74) is 0.946. The van der Waals surface area contributed by atoms with E-state index in [0.717, 1.165) is 32.4 Å². The Bertz CT molecular complexity index is 871. The number of nitrogens with zero attached hydrogens (tertiary/aromatic N) is 2. The van der Waals surface area contributed by atoms with E-state index in [-0.39, 0.29) is 35.4 Å². The first kappa shape index (κ1) is 21.8. The Hall–Kier alpha value is -1.87. The molecule has 1 aromatic heterocycles. The van der Waals surface area contributed by atoms with Crippen LogP contribution in [-0.4, -0.2) is 67.3 Å². The number of rotatable bonds is 5. The third-order valence-electron chi connectivity index (χ3n) is 5.80. The maximum Gasteiger partial charge on any atom is 0.341 e. The summed E-state index contributed by atoms with van der Waals surface area (Å²) in [6.07, 6.45) is 4.46. The Kier molecular flexibility index (Phi) is 6.68. The number of hydrogen-bond acceptors (Lipinski definition) is 5. The van der Waals surface area contributed by atoms with Gasteiger partial charge in [0.25, 0.3) is 0 Å². The molecule has 9 heteroatoms. The Morgan fingerprint density at radius 3 is 2.41 bits per heavy atom. The topological polar surface area (TPSA) is 99.8 Å². The van der Waals surface area contributed by atoms with Crippen molar-refractivity contribution in [3.63, 3.8) is 0 Å². The lowest BCUT2D eigenvalue weighted by atomic mass is 9.97. The number of likely N-dealkylation sites (tertiary alicyclic amines) is 1. The lowest BCUT2D eigenvalue weighted by molar-refractivity contribution is -0.137. The predicted molar refractivity (Wildman–Crippen MR) is 108 cm³/mol. The van der Waals surface area contributed by atoms with Crippen LogP contribution in [0.3, 0.4) is 0 Å². The van der Waals surface area contributed by atoms with E-state index in [1.165, 1.54) is 4.31 Å². The van der Waals surface area contributed by atoms with Gasteiger partial charge in [0.15, 0.2) is 0 Å². The Labute approximate surface area is 172 Å². The zero-order valence-corrected chi connectivity index (χ0v) is 18.3. The Morgan fingerprint density at radius 1 is 1.07 bits per heavy atom. The molecule has 3 rings (SSSR count). The third-order valence-corrected chi connectivity index (χ3v) is 7.83. The summed E-state index contributed by atoms with van der Waals surface area (Å²) in [6, 6.07) is 0. The summed E-state index contributed by atoms with van der Waals surface area (Å²) < 4.78 is 33.4. The number of aryl methyl sites for hydroxylation is 2. The van der Waals surface area contributed by atoms with Crippen LogP contribution in [-0.2, 0) is 19.6 Å². The van der Waals surface area contributed by atoms with Crippen LogP contribution in [0.2, 0.25) is 0 Å². The normalized spacial score (nSPS) is 21.2. The fourth-order valence-corrected chi connectivity index (χ4v) is 6.33. The van der Waals surface area contributed by atoms with Crippen LogP contribution in [0.1, 0.15) is 60.8 Å². The number of carbonyl (C=O) groups is 2. The van der Waals surface area contributed by atoms with Gasteiger partial charge in [-0.3, -0.25) is 4.79 Å². The number of hydrogen-bond donors (Lipinski definition) is 1. The summed E-state index contributed by atoms with van der Waals surface area (Å²) in [4.78, 5) is 30.2. The number of amides is 1. The maximum atomic E-state index is 13.5. The number of nitrogens with one attached hydrogen (secondary N) is 1. The minimum atomic E-state index is -3.93. The molecule has 1 unspecified atom stereocenters. The number of carbonyl (C=O) groups excluding carboxylic acids is 2. The largest absolute Gasteiger partial charge is 0.462 e. The zero-order valence-electron chi connectivity index (χ0n) is 17.5. The highest BCUT2D eigenvalue weighted by Gasteiger charge is 2.39. The second kappa shape index (κ2) is 8.87. The molecule has 162 valence electrons. The number of piperidine rings is 2.